The summed E-state index contributed by atoms with van der Waals surface area (Å²) in [5, 5.41) is 3.04. The number of amides is 1. The summed E-state index contributed by atoms with van der Waals surface area (Å²) < 4.78 is 5.86. The Hall–Kier alpha value is -0.220. The maximum atomic E-state index is 11.8. The predicted octanol–water partition coefficient (Wildman–Crippen LogP) is 2.70. The first-order chi connectivity index (χ1) is 8.29. The molecule has 0 saturated carbocycles. The van der Waals surface area contributed by atoms with Crippen LogP contribution in [0.3, 0.4) is 0 Å². The first-order valence-electron chi connectivity index (χ1n) is 6.82. The van der Waals surface area contributed by atoms with Crippen LogP contribution < -0.4 is 5.32 Å². The number of carbonyl (C=O) groups excluding carboxylic acids is 1. The molecule has 1 saturated heterocycles. The number of hydrogen-bond acceptors (Lipinski definition) is 3. The van der Waals surface area contributed by atoms with Crippen molar-refractivity contribution in [2.45, 2.75) is 51.9 Å². The summed E-state index contributed by atoms with van der Waals surface area (Å²) in [4.78, 5) is 11.8. The Morgan fingerprint density at radius 2 is 2.11 bits per heavy atom. The van der Waals surface area contributed by atoms with Gasteiger partial charge in [-0.2, -0.15) is 0 Å². The van der Waals surface area contributed by atoms with Crippen molar-refractivity contribution in [2.24, 2.45) is 11.8 Å². The van der Waals surface area contributed by atoms with E-state index in [1.54, 1.807) is 11.8 Å². The van der Waals surface area contributed by atoms with Gasteiger partial charge < -0.3 is 10.1 Å². The molecule has 18 heavy (non-hydrogen) atoms. The highest BCUT2D eigenvalue weighted by Crippen LogP contribution is 2.26. The van der Waals surface area contributed by atoms with Crippen molar-refractivity contribution in [3.8, 4) is 0 Å². The van der Waals surface area contributed by atoms with E-state index in [9.17, 15) is 4.79 Å². The lowest BCUT2D eigenvalue weighted by molar-refractivity contribution is -0.118. The highest BCUT2D eigenvalue weighted by molar-refractivity contribution is 8.01. The SMILES string of the molecule is CC(C)[C@H]1OCC[C@H]1CNC(=O)CSC(C)(C)C. The van der Waals surface area contributed by atoms with Crippen LogP contribution >= 0.6 is 11.8 Å². The number of ether oxygens (including phenoxy) is 1. The van der Waals surface area contributed by atoms with Gasteiger partial charge in [-0.15, -0.1) is 11.8 Å². The molecular weight excluding hydrogens is 246 g/mol. The fourth-order valence-corrected chi connectivity index (χ4v) is 2.86. The molecule has 0 spiro atoms. The molecule has 0 radical (unpaired) electrons. The molecule has 1 fully saturated rings. The van der Waals surface area contributed by atoms with Crippen LogP contribution in [0.15, 0.2) is 0 Å². The molecule has 1 heterocycles. The second-order valence-corrected chi connectivity index (χ2v) is 8.14. The first kappa shape index (κ1) is 15.8. The van der Waals surface area contributed by atoms with E-state index in [0.717, 1.165) is 19.6 Å². The summed E-state index contributed by atoms with van der Waals surface area (Å²) in [6.07, 6.45) is 1.37. The lowest BCUT2D eigenvalue weighted by Gasteiger charge is -2.22. The van der Waals surface area contributed by atoms with E-state index in [1.807, 2.05) is 0 Å². The Morgan fingerprint density at radius 1 is 1.44 bits per heavy atom. The van der Waals surface area contributed by atoms with E-state index >= 15 is 0 Å². The number of rotatable bonds is 5. The average Bonchev–Trinajstić information content (AvgIpc) is 2.70. The lowest BCUT2D eigenvalue weighted by atomic mass is 9.93. The van der Waals surface area contributed by atoms with Gasteiger partial charge >= 0.3 is 0 Å². The predicted molar refractivity (Wildman–Crippen MR) is 77.9 cm³/mol. The zero-order chi connectivity index (χ0) is 13.8. The van der Waals surface area contributed by atoms with Crippen LogP contribution in [0.2, 0.25) is 0 Å². The Bertz CT molecular complexity index is 273. The molecule has 0 aromatic heterocycles. The van der Waals surface area contributed by atoms with Gasteiger partial charge in [0.25, 0.3) is 0 Å². The number of carbonyl (C=O) groups is 1. The number of thioether (sulfide) groups is 1. The van der Waals surface area contributed by atoms with Crippen molar-refractivity contribution in [3.05, 3.63) is 0 Å². The summed E-state index contributed by atoms with van der Waals surface area (Å²) in [5.74, 6) is 1.69. The molecule has 1 aliphatic rings. The van der Waals surface area contributed by atoms with Gasteiger partial charge in [-0.25, -0.2) is 0 Å². The van der Waals surface area contributed by atoms with Crippen LogP contribution in [0.1, 0.15) is 41.0 Å². The molecule has 0 aliphatic carbocycles. The van der Waals surface area contributed by atoms with Crippen molar-refractivity contribution in [3.63, 3.8) is 0 Å². The third-order valence-electron chi connectivity index (χ3n) is 3.12. The Morgan fingerprint density at radius 3 is 2.67 bits per heavy atom. The summed E-state index contributed by atoms with van der Waals surface area (Å²) in [6.45, 7) is 12.3. The summed E-state index contributed by atoms with van der Waals surface area (Å²) in [6, 6.07) is 0. The molecule has 106 valence electrons. The van der Waals surface area contributed by atoms with Crippen molar-refractivity contribution < 1.29 is 9.53 Å². The zero-order valence-electron chi connectivity index (χ0n) is 12.3. The molecule has 1 rings (SSSR count). The van der Waals surface area contributed by atoms with Crippen LogP contribution in [-0.4, -0.2) is 35.7 Å². The van der Waals surface area contributed by atoms with Crippen LogP contribution in [-0.2, 0) is 9.53 Å². The molecule has 1 N–H and O–H groups in total. The summed E-state index contributed by atoms with van der Waals surface area (Å²) in [5.41, 5.74) is 0. The third kappa shape index (κ3) is 5.61. The van der Waals surface area contributed by atoms with E-state index < -0.39 is 0 Å². The molecule has 1 aliphatic heterocycles. The van der Waals surface area contributed by atoms with Gasteiger partial charge in [0.1, 0.15) is 0 Å². The first-order valence-corrected chi connectivity index (χ1v) is 7.80. The summed E-state index contributed by atoms with van der Waals surface area (Å²) >= 11 is 1.69. The second kappa shape index (κ2) is 6.80. The van der Waals surface area contributed by atoms with Gasteiger partial charge in [-0.05, 0) is 12.3 Å². The van der Waals surface area contributed by atoms with E-state index in [0.29, 0.717) is 23.7 Å². The molecule has 2 atom stereocenters. The summed E-state index contributed by atoms with van der Waals surface area (Å²) in [7, 11) is 0. The fraction of sp³-hybridized carbons (Fsp3) is 0.929. The van der Waals surface area contributed by atoms with E-state index in [1.165, 1.54) is 0 Å². The highest BCUT2D eigenvalue weighted by Gasteiger charge is 2.30. The average molecular weight is 273 g/mol. The number of nitrogens with one attached hydrogen (secondary N) is 1. The van der Waals surface area contributed by atoms with Gasteiger partial charge in [-0.3, -0.25) is 4.79 Å². The maximum absolute atomic E-state index is 11.8. The molecule has 4 heteroatoms. The second-order valence-electron chi connectivity index (χ2n) is 6.33. The van der Waals surface area contributed by atoms with Gasteiger partial charge in [0.15, 0.2) is 0 Å². The van der Waals surface area contributed by atoms with Crippen LogP contribution in [0.25, 0.3) is 0 Å². The minimum Gasteiger partial charge on any atom is -0.378 e. The van der Waals surface area contributed by atoms with Gasteiger partial charge in [-0.1, -0.05) is 34.6 Å². The number of hydrogen-bond donors (Lipinski definition) is 1. The highest BCUT2D eigenvalue weighted by atomic mass is 32.2. The maximum Gasteiger partial charge on any atom is 0.230 e. The minimum absolute atomic E-state index is 0.143. The molecule has 0 aromatic rings. The quantitative estimate of drug-likeness (QED) is 0.837. The smallest absolute Gasteiger partial charge is 0.230 e. The molecule has 0 unspecified atom stereocenters. The van der Waals surface area contributed by atoms with Gasteiger partial charge in [0.05, 0.1) is 11.9 Å². The fourth-order valence-electron chi connectivity index (χ4n) is 2.19. The third-order valence-corrected chi connectivity index (χ3v) is 4.39. The molecule has 0 bridgehead atoms. The van der Waals surface area contributed by atoms with Crippen molar-refractivity contribution >= 4 is 17.7 Å². The van der Waals surface area contributed by atoms with Crippen molar-refractivity contribution in [1.82, 2.24) is 5.32 Å². The lowest BCUT2D eigenvalue weighted by Crippen LogP contribution is -2.36. The molecule has 0 aromatic carbocycles. The standard InChI is InChI=1S/C14H27NO2S/c1-10(2)13-11(6-7-17-13)8-15-12(16)9-18-14(3,4)5/h10-11,13H,6-9H2,1-5H3,(H,15,16)/t11-,13+/m0/s1. The molecule has 3 nitrogen and oxygen atoms in total. The zero-order valence-corrected chi connectivity index (χ0v) is 13.1. The molecular formula is C14H27NO2S. The van der Waals surface area contributed by atoms with E-state index in [-0.39, 0.29) is 10.7 Å². The minimum atomic E-state index is 0.143. The van der Waals surface area contributed by atoms with Crippen molar-refractivity contribution in [1.29, 1.82) is 0 Å². The Labute approximate surface area is 115 Å². The van der Waals surface area contributed by atoms with Gasteiger partial charge in [0.2, 0.25) is 5.91 Å². The topological polar surface area (TPSA) is 38.3 Å². The van der Waals surface area contributed by atoms with E-state index in [4.69, 9.17) is 4.74 Å². The van der Waals surface area contributed by atoms with Crippen LogP contribution in [0.4, 0.5) is 0 Å². The van der Waals surface area contributed by atoms with Crippen LogP contribution in [0, 0.1) is 11.8 Å². The van der Waals surface area contributed by atoms with E-state index in [2.05, 4.69) is 39.9 Å². The van der Waals surface area contributed by atoms with Gasteiger partial charge in [0, 0.05) is 23.8 Å². The monoisotopic (exact) mass is 273 g/mol. The van der Waals surface area contributed by atoms with Crippen LogP contribution in [0.5, 0.6) is 0 Å². The molecule has 1 amide bonds. The largest absolute Gasteiger partial charge is 0.378 e. The Kier molecular flexibility index (Phi) is 5.99. The Balaban J connectivity index is 2.26. The normalized spacial score (nSPS) is 24.6. The van der Waals surface area contributed by atoms with Crippen molar-refractivity contribution in [2.75, 3.05) is 18.9 Å².